The fourth-order valence-electron chi connectivity index (χ4n) is 2.01. The monoisotopic (exact) mass is 250 g/mol. The fourth-order valence-corrected chi connectivity index (χ4v) is 2.01. The molecule has 0 bridgehead atoms. The van der Waals surface area contributed by atoms with Crippen LogP contribution < -0.4 is 0 Å². The Labute approximate surface area is 95.8 Å². The van der Waals surface area contributed by atoms with E-state index < -0.39 is 12.6 Å². The lowest BCUT2D eigenvalue weighted by atomic mass is 9.87. The highest BCUT2D eigenvalue weighted by atomic mass is 19.4. The van der Waals surface area contributed by atoms with Gasteiger partial charge in [0.1, 0.15) is 6.42 Å². The van der Waals surface area contributed by atoms with Crippen LogP contribution in [-0.4, -0.2) is 27.5 Å². The molecule has 0 spiro atoms. The van der Waals surface area contributed by atoms with Crippen LogP contribution in [0.1, 0.15) is 43.3 Å². The Bertz CT molecular complexity index is 370. The number of aliphatic hydroxyl groups is 1. The molecular formula is C10H13F3N2O2. The van der Waals surface area contributed by atoms with Crippen molar-refractivity contribution in [1.29, 1.82) is 0 Å². The molecule has 0 atom stereocenters. The molecule has 1 aliphatic rings. The average Bonchev–Trinajstić information content (AvgIpc) is 2.64. The van der Waals surface area contributed by atoms with Crippen molar-refractivity contribution < 1.29 is 22.8 Å². The van der Waals surface area contributed by atoms with Crippen molar-refractivity contribution in [2.75, 3.05) is 0 Å². The fraction of sp³-hybridized carbons (Fsp3) is 0.800. The van der Waals surface area contributed by atoms with E-state index in [2.05, 4.69) is 10.1 Å². The predicted octanol–water partition coefficient (Wildman–Crippen LogP) is 2.19. The van der Waals surface area contributed by atoms with Crippen LogP contribution >= 0.6 is 0 Å². The Kier molecular flexibility index (Phi) is 3.37. The van der Waals surface area contributed by atoms with Crippen molar-refractivity contribution in [1.82, 2.24) is 10.1 Å². The van der Waals surface area contributed by atoms with Gasteiger partial charge in [0.05, 0.1) is 6.10 Å². The lowest BCUT2D eigenvalue weighted by Gasteiger charge is -2.22. The van der Waals surface area contributed by atoms with E-state index in [1.807, 2.05) is 0 Å². The van der Waals surface area contributed by atoms with E-state index >= 15 is 0 Å². The van der Waals surface area contributed by atoms with Gasteiger partial charge in [-0.05, 0) is 25.7 Å². The number of nitrogens with zero attached hydrogens (tertiary/aromatic N) is 2. The van der Waals surface area contributed by atoms with Crippen LogP contribution in [-0.2, 0) is 6.42 Å². The molecule has 0 unspecified atom stereocenters. The summed E-state index contributed by atoms with van der Waals surface area (Å²) in [6.07, 6.45) is -3.19. The van der Waals surface area contributed by atoms with E-state index in [-0.39, 0.29) is 23.7 Å². The van der Waals surface area contributed by atoms with E-state index in [1.165, 1.54) is 0 Å². The van der Waals surface area contributed by atoms with Crippen LogP contribution in [0.3, 0.4) is 0 Å². The van der Waals surface area contributed by atoms with Gasteiger partial charge >= 0.3 is 6.18 Å². The summed E-state index contributed by atoms with van der Waals surface area (Å²) in [6.45, 7) is 0. The van der Waals surface area contributed by atoms with Crippen LogP contribution in [0.5, 0.6) is 0 Å². The van der Waals surface area contributed by atoms with Crippen LogP contribution in [0, 0.1) is 0 Å². The summed E-state index contributed by atoms with van der Waals surface area (Å²) in [4.78, 5) is 3.76. The molecule has 0 amide bonds. The lowest BCUT2D eigenvalue weighted by molar-refractivity contribution is -0.128. The van der Waals surface area contributed by atoms with Gasteiger partial charge in [-0.3, -0.25) is 0 Å². The second-order valence-electron chi connectivity index (χ2n) is 4.35. The smallest absolute Gasteiger partial charge is 0.393 e. The SMILES string of the molecule is OC1CCC(c2nc(CC(F)(F)F)no2)CC1. The molecule has 1 saturated carbocycles. The molecule has 1 fully saturated rings. The third-order valence-corrected chi connectivity index (χ3v) is 2.89. The van der Waals surface area contributed by atoms with Gasteiger partial charge in [-0.15, -0.1) is 0 Å². The largest absolute Gasteiger partial charge is 0.396 e. The highest BCUT2D eigenvalue weighted by Gasteiger charge is 2.32. The molecule has 7 heteroatoms. The maximum Gasteiger partial charge on any atom is 0.396 e. The van der Waals surface area contributed by atoms with Crippen LogP contribution in [0.15, 0.2) is 4.52 Å². The molecule has 0 saturated heterocycles. The van der Waals surface area contributed by atoms with Crippen molar-refractivity contribution in [3.63, 3.8) is 0 Å². The Morgan fingerprint density at radius 3 is 2.47 bits per heavy atom. The molecule has 1 heterocycles. The zero-order chi connectivity index (χ0) is 12.5. The van der Waals surface area contributed by atoms with Gasteiger partial charge < -0.3 is 9.63 Å². The predicted molar refractivity (Wildman–Crippen MR) is 51.3 cm³/mol. The number of rotatable bonds is 2. The quantitative estimate of drug-likeness (QED) is 0.874. The summed E-state index contributed by atoms with van der Waals surface area (Å²) in [6, 6.07) is 0. The first-order valence-corrected chi connectivity index (χ1v) is 5.51. The molecule has 0 aliphatic heterocycles. The summed E-state index contributed by atoms with van der Waals surface area (Å²) >= 11 is 0. The topological polar surface area (TPSA) is 59.2 Å². The molecule has 2 rings (SSSR count). The minimum absolute atomic E-state index is 0.0205. The van der Waals surface area contributed by atoms with Crippen molar-refractivity contribution in [2.45, 2.75) is 50.3 Å². The van der Waals surface area contributed by atoms with Gasteiger partial charge in [0.2, 0.25) is 5.89 Å². The Morgan fingerprint density at radius 2 is 1.88 bits per heavy atom. The van der Waals surface area contributed by atoms with E-state index in [0.717, 1.165) is 0 Å². The van der Waals surface area contributed by atoms with Gasteiger partial charge in [-0.2, -0.15) is 18.2 Å². The third-order valence-electron chi connectivity index (χ3n) is 2.89. The molecule has 4 nitrogen and oxygen atoms in total. The van der Waals surface area contributed by atoms with Crippen molar-refractivity contribution in [3.05, 3.63) is 11.7 Å². The Hall–Kier alpha value is -1.11. The van der Waals surface area contributed by atoms with Gasteiger partial charge in [0, 0.05) is 5.92 Å². The number of hydrogen-bond donors (Lipinski definition) is 1. The van der Waals surface area contributed by atoms with Crippen LogP contribution in [0.2, 0.25) is 0 Å². The summed E-state index contributed by atoms with van der Waals surface area (Å²) < 4.78 is 41.1. The molecule has 1 aromatic heterocycles. The average molecular weight is 250 g/mol. The summed E-state index contributed by atoms with van der Waals surface area (Å²) in [5.74, 6) is -0.0809. The van der Waals surface area contributed by atoms with Gasteiger partial charge in [0.15, 0.2) is 5.82 Å². The number of aliphatic hydroxyl groups excluding tert-OH is 1. The summed E-state index contributed by atoms with van der Waals surface area (Å²) in [5, 5.41) is 12.6. The second-order valence-corrected chi connectivity index (χ2v) is 4.35. The first-order valence-electron chi connectivity index (χ1n) is 5.51. The maximum atomic E-state index is 12.1. The standard InChI is InChI=1S/C10H13F3N2O2/c11-10(12,13)5-8-14-9(17-15-8)6-1-3-7(16)4-2-6/h6-7,16H,1-5H2. The molecule has 96 valence electrons. The molecule has 1 aromatic rings. The zero-order valence-corrected chi connectivity index (χ0v) is 9.07. The van der Waals surface area contributed by atoms with Crippen LogP contribution in [0.4, 0.5) is 13.2 Å². The minimum Gasteiger partial charge on any atom is -0.393 e. The summed E-state index contributed by atoms with van der Waals surface area (Å²) in [7, 11) is 0. The Balaban J connectivity index is 1.98. The van der Waals surface area contributed by atoms with Crippen molar-refractivity contribution in [2.24, 2.45) is 0 Å². The highest BCUT2D eigenvalue weighted by molar-refractivity contribution is 4.97. The van der Waals surface area contributed by atoms with Crippen molar-refractivity contribution in [3.8, 4) is 0 Å². The normalized spacial score (nSPS) is 26.1. The van der Waals surface area contributed by atoms with Crippen molar-refractivity contribution >= 4 is 0 Å². The Morgan fingerprint density at radius 1 is 1.24 bits per heavy atom. The number of aromatic nitrogens is 2. The second kappa shape index (κ2) is 4.64. The third kappa shape index (κ3) is 3.42. The number of hydrogen-bond acceptors (Lipinski definition) is 4. The van der Waals surface area contributed by atoms with Gasteiger partial charge in [-0.25, -0.2) is 0 Å². The molecule has 1 aliphatic carbocycles. The molecule has 0 aromatic carbocycles. The van der Waals surface area contributed by atoms with Gasteiger partial charge in [0.25, 0.3) is 0 Å². The van der Waals surface area contributed by atoms with Crippen LogP contribution in [0.25, 0.3) is 0 Å². The first kappa shape index (κ1) is 12.3. The summed E-state index contributed by atoms with van der Waals surface area (Å²) in [5.41, 5.74) is 0. The van der Waals surface area contributed by atoms with E-state index in [4.69, 9.17) is 4.52 Å². The molecular weight excluding hydrogens is 237 g/mol. The maximum absolute atomic E-state index is 12.1. The van der Waals surface area contributed by atoms with E-state index in [0.29, 0.717) is 25.7 Å². The highest BCUT2D eigenvalue weighted by Crippen LogP contribution is 2.32. The van der Waals surface area contributed by atoms with E-state index in [1.54, 1.807) is 0 Å². The molecule has 1 N–H and O–H groups in total. The minimum atomic E-state index is -4.32. The lowest BCUT2D eigenvalue weighted by Crippen LogP contribution is -2.17. The number of alkyl halides is 3. The molecule has 0 radical (unpaired) electrons. The molecule has 17 heavy (non-hydrogen) atoms. The first-order chi connectivity index (χ1) is 7.94. The zero-order valence-electron chi connectivity index (χ0n) is 9.07. The van der Waals surface area contributed by atoms with Gasteiger partial charge in [-0.1, -0.05) is 5.16 Å². The van der Waals surface area contributed by atoms with E-state index in [9.17, 15) is 18.3 Å². The number of halogens is 3.